The zero-order valence-electron chi connectivity index (χ0n) is 11.0. The summed E-state index contributed by atoms with van der Waals surface area (Å²) in [5.74, 6) is 0.0108. The van der Waals surface area contributed by atoms with Crippen LogP contribution in [-0.4, -0.2) is 23.1 Å². The highest BCUT2D eigenvalue weighted by Gasteiger charge is 2.15. The number of amides is 2. The van der Waals surface area contributed by atoms with Crippen molar-refractivity contribution in [3.63, 3.8) is 0 Å². The normalized spacial score (nSPS) is 12.8. The minimum Gasteiger partial charge on any atom is -0.409 e. The fourth-order valence-electron chi connectivity index (χ4n) is 1.64. The molecule has 0 fully saturated rings. The van der Waals surface area contributed by atoms with Crippen molar-refractivity contribution in [2.24, 2.45) is 10.9 Å². The molecule has 6 nitrogen and oxygen atoms in total. The Morgan fingerprint density at radius 2 is 2.11 bits per heavy atom. The fraction of sp³-hybridized carbons (Fsp3) is 0.385. The van der Waals surface area contributed by atoms with Crippen molar-refractivity contribution < 1.29 is 10.0 Å². The van der Waals surface area contributed by atoms with Gasteiger partial charge in [0.25, 0.3) is 0 Å². The average Bonchev–Trinajstić information content (AvgIpc) is 2.45. The molecule has 0 aromatic heterocycles. The fourth-order valence-corrected chi connectivity index (χ4v) is 1.64. The zero-order chi connectivity index (χ0) is 14.1. The highest BCUT2D eigenvalue weighted by Crippen LogP contribution is 1.99. The Bertz CT molecular complexity index is 420. The molecule has 2 amide bonds. The summed E-state index contributed by atoms with van der Waals surface area (Å²) >= 11 is 0. The van der Waals surface area contributed by atoms with Gasteiger partial charge in [-0.25, -0.2) is 4.79 Å². The number of hydrogen-bond acceptors (Lipinski definition) is 3. The lowest BCUT2D eigenvalue weighted by molar-refractivity contribution is 0.238. The summed E-state index contributed by atoms with van der Waals surface area (Å²) in [5.41, 5.74) is 6.52. The maximum Gasteiger partial charge on any atom is 0.315 e. The van der Waals surface area contributed by atoms with Crippen LogP contribution in [0.5, 0.6) is 0 Å². The van der Waals surface area contributed by atoms with Crippen LogP contribution in [-0.2, 0) is 6.54 Å². The predicted molar refractivity (Wildman–Crippen MR) is 73.9 cm³/mol. The van der Waals surface area contributed by atoms with Crippen LogP contribution < -0.4 is 16.4 Å². The summed E-state index contributed by atoms with van der Waals surface area (Å²) in [7, 11) is 0. The first-order valence-corrected chi connectivity index (χ1v) is 6.23. The van der Waals surface area contributed by atoms with Crippen LogP contribution in [0, 0.1) is 0 Å². The second-order valence-electron chi connectivity index (χ2n) is 4.18. The van der Waals surface area contributed by atoms with Crippen LogP contribution in [0.1, 0.15) is 25.3 Å². The first-order valence-electron chi connectivity index (χ1n) is 6.23. The molecule has 0 aliphatic carbocycles. The molecule has 6 heteroatoms. The summed E-state index contributed by atoms with van der Waals surface area (Å²) in [4.78, 5) is 11.7. The van der Waals surface area contributed by atoms with Crippen LogP contribution in [0.4, 0.5) is 4.79 Å². The smallest absolute Gasteiger partial charge is 0.315 e. The van der Waals surface area contributed by atoms with E-state index in [0.717, 1.165) is 12.0 Å². The lowest BCUT2D eigenvalue weighted by atomic mass is 10.1. The molecule has 0 saturated heterocycles. The third-order valence-electron chi connectivity index (χ3n) is 2.65. The first-order chi connectivity index (χ1) is 9.17. The second-order valence-corrected chi connectivity index (χ2v) is 4.18. The molecule has 5 N–H and O–H groups in total. The van der Waals surface area contributed by atoms with E-state index in [4.69, 9.17) is 10.9 Å². The average molecular weight is 264 g/mol. The van der Waals surface area contributed by atoms with Gasteiger partial charge in [-0.15, -0.1) is 0 Å². The maximum atomic E-state index is 11.7. The van der Waals surface area contributed by atoms with E-state index in [1.807, 2.05) is 37.3 Å². The number of amidine groups is 1. The van der Waals surface area contributed by atoms with E-state index in [9.17, 15) is 4.79 Å². The molecule has 0 aliphatic heterocycles. The van der Waals surface area contributed by atoms with Crippen LogP contribution in [0.2, 0.25) is 0 Å². The van der Waals surface area contributed by atoms with Gasteiger partial charge in [0.15, 0.2) is 5.84 Å². The molecule has 0 bridgehead atoms. The molecule has 104 valence electrons. The number of rotatable bonds is 6. The van der Waals surface area contributed by atoms with Gasteiger partial charge in [0.2, 0.25) is 0 Å². The van der Waals surface area contributed by atoms with Gasteiger partial charge in [-0.05, 0) is 12.0 Å². The molecule has 19 heavy (non-hydrogen) atoms. The van der Waals surface area contributed by atoms with Crippen molar-refractivity contribution in [1.29, 1.82) is 0 Å². The minimum atomic E-state index is -0.453. The largest absolute Gasteiger partial charge is 0.409 e. The summed E-state index contributed by atoms with van der Waals surface area (Å²) in [6.45, 7) is 2.39. The van der Waals surface area contributed by atoms with Crippen molar-refractivity contribution in [2.75, 3.05) is 0 Å². The van der Waals surface area contributed by atoms with Gasteiger partial charge in [0.1, 0.15) is 0 Å². The molecule has 1 rings (SSSR count). The molecule has 1 aromatic rings. The SMILES string of the molecule is CCCC(NC(=O)NCc1ccccc1)/C(N)=N/O. The van der Waals surface area contributed by atoms with Gasteiger partial charge < -0.3 is 21.6 Å². The third kappa shape index (κ3) is 5.29. The second kappa shape index (κ2) is 7.97. The molecule has 1 unspecified atom stereocenters. The Hall–Kier alpha value is -2.24. The lowest BCUT2D eigenvalue weighted by Gasteiger charge is -2.17. The van der Waals surface area contributed by atoms with E-state index in [0.29, 0.717) is 13.0 Å². The molecule has 0 spiro atoms. The van der Waals surface area contributed by atoms with Crippen LogP contribution >= 0.6 is 0 Å². The molecule has 1 aromatic carbocycles. The van der Waals surface area contributed by atoms with Crippen molar-refractivity contribution in [2.45, 2.75) is 32.4 Å². The first kappa shape index (κ1) is 14.8. The summed E-state index contributed by atoms with van der Waals surface area (Å²) < 4.78 is 0. The van der Waals surface area contributed by atoms with Crippen molar-refractivity contribution in [1.82, 2.24) is 10.6 Å². The summed E-state index contributed by atoms with van der Waals surface area (Å²) in [6.07, 6.45) is 1.44. The Labute approximate surface area is 112 Å². The third-order valence-corrected chi connectivity index (χ3v) is 2.65. The molecule has 0 radical (unpaired) electrons. The van der Waals surface area contributed by atoms with E-state index in [2.05, 4.69) is 15.8 Å². The topological polar surface area (TPSA) is 99.7 Å². The van der Waals surface area contributed by atoms with Crippen molar-refractivity contribution in [3.05, 3.63) is 35.9 Å². The van der Waals surface area contributed by atoms with E-state index >= 15 is 0 Å². The monoisotopic (exact) mass is 264 g/mol. The molecule has 0 aliphatic rings. The molecule has 1 atom stereocenters. The van der Waals surface area contributed by atoms with E-state index in [-0.39, 0.29) is 11.9 Å². The number of oxime groups is 1. The van der Waals surface area contributed by atoms with Gasteiger partial charge in [-0.3, -0.25) is 0 Å². The van der Waals surface area contributed by atoms with Crippen LogP contribution in [0.3, 0.4) is 0 Å². The van der Waals surface area contributed by atoms with Crippen LogP contribution in [0.15, 0.2) is 35.5 Å². The van der Waals surface area contributed by atoms with E-state index in [1.54, 1.807) is 0 Å². The van der Waals surface area contributed by atoms with Gasteiger partial charge >= 0.3 is 6.03 Å². The summed E-state index contributed by atoms with van der Waals surface area (Å²) in [6, 6.07) is 8.79. The van der Waals surface area contributed by atoms with Crippen molar-refractivity contribution >= 4 is 11.9 Å². The number of urea groups is 1. The highest BCUT2D eigenvalue weighted by molar-refractivity contribution is 5.89. The molecular formula is C13H20N4O2. The van der Waals surface area contributed by atoms with Crippen LogP contribution in [0.25, 0.3) is 0 Å². The zero-order valence-corrected chi connectivity index (χ0v) is 11.0. The number of hydrogen-bond donors (Lipinski definition) is 4. The Morgan fingerprint density at radius 3 is 2.68 bits per heavy atom. The number of nitrogens with two attached hydrogens (primary N) is 1. The van der Waals surface area contributed by atoms with Gasteiger partial charge in [0.05, 0.1) is 6.04 Å². The van der Waals surface area contributed by atoms with Gasteiger partial charge in [-0.2, -0.15) is 0 Å². The van der Waals surface area contributed by atoms with E-state index in [1.165, 1.54) is 0 Å². The number of benzene rings is 1. The standard InChI is InChI=1S/C13H20N4O2/c1-2-6-11(12(14)17-19)16-13(18)15-9-10-7-4-3-5-8-10/h3-5,7-8,11,19H,2,6,9H2,1H3,(H2,14,17)(H2,15,16,18). The molecular weight excluding hydrogens is 244 g/mol. The summed E-state index contributed by atoms with van der Waals surface area (Å²) in [5, 5.41) is 17.0. The Morgan fingerprint density at radius 1 is 1.42 bits per heavy atom. The molecule has 0 heterocycles. The maximum absolute atomic E-state index is 11.7. The Kier molecular flexibility index (Phi) is 6.21. The number of nitrogens with zero attached hydrogens (tertiary/aromatic N) is 1. The molecule has 0 saturated carbocycles. The minimum absolute atomic E-state index is 0.0108. The quantitative estimate of drug-likeness (QED) is 0.270. The number of carbonyl (C=O) groups excluding carboxylic acids is 1. The van der Waals surface area contributed by atoms with Gasteiger partial charge in [0, 0.05) is 6.54 Å². The number of nitrogens with one attached hydrogen (secondary N) is 2. The van der Waals surface area contributed by atoms with Gasteiger partial charge in [-0.1, -0.05) is 48.8 Å². The Balaban J connectivity index is 2.45. The predicted octanol–water partition coefficient (Wildman–Crippen LogP) is 1.40. The van der Waals surface area contributed by atoms with E-state index < -0.39 is 6.04 Å². The highest BCUT2D eigenvalue weighted by atomic mass is 16.4. The number of carbonyl (C=O) groups is 1. The van der Waals surface area contributed by atoms with Crippen molar-refractivity contribution in [3.8, 4) is 0 Å². The lowest BCUT2D eigenvalue weighted by Crippen LogP contribution is -2.48.